The minimum Gasteiger partial charge on any atom is -0.316 e. The number of hydrogen-bond donors (Lipinski definition) is 2. The van der Waals surface area contributed by atoms with Gasteiger partial charge < -0.3 is 10.6 Å². The van der Waals surface area contributed by atoms with Gasteiger partial charge in [-0.25, -0.2) is 4.39 Å². The molecule has 0 spiro atoms. The lowest BCUT2D eigenvalue weighted by atomic mass is 9.80. The van der Waals surface area contributed by atoms with Crippen LogP contribution in [-0.4, -0.2) is 32.4 Å². The van der Waals surface area contributed by atoms with Crippen LogP contribution in [0, 0.1) is 11.8 Å². The first kappa shape index (κ1) is 7.50. The van der Waals surface area contributed by atoms with Gasteiger partial charge in [0.1, 0.15) is 6.17 Å². The summed E-state index contributed by atoms with van der Waals surface area (Å²) < 4.78 is 13.2. The molecule has 0 radical (unpaired) electrons. The first-order chi connectivity index (χ1) is 5.38. The van der Waals surface area contributed by atoms with E-state index >= 15 is 0 Å². The van der Waals surface area contributed by atoms with E-state index in [1.54, 1.807) is 0 Å². The summed E-state index contributed by atoms with van der Waals surface area (Å²) in [5.74, 6) is 0.949. The van der Waals surface area contributed by atoms with Crippen molar-refractivity contribution in [2.45, 2.75) is 12.6 Å². The number of halogens is 1. The van der Waals surface area contributed by atoms with Crippen molar-refractivity contribution in [1.29, 1.82) is 0 Å². The normalized spacial score (nSPS) is 40.1. The fraction of sp³-hybridized carbons (Fsp3) is 1.00. The molecule has 2 rings (SSSR count). The van der Waals surface area contributed by atoms with Crippen LogP contribution in [-0.2, 0) is 0 Å². The zero-order chi connectivity index (χ0) is 7.68. The molecular weight excluding hydrogens is 143 g/mol. The molecule has 2 unspecified atom stereocenters. The smallest absolute Gasteiger partial charge is 0.116 e. The molecule has 2 N–H and O–H groups in total. The largest absolute Gasteiger partial charge is 0.316 e. The van der Waals surface area contributed by atoms with Crippen LogP contribution in [0.2, 0.25) is 0 Å². The predicted molar refractivity (Wildman–Crippen MR) is 42.2 cm³/mol. The first-order valence-corrected chi connectivity index (χ1v) is 4.43. The van der Waals surface area contributed by atoms with E-state index in [2.05, 4.69) is 10.6 Å². The van der Waals surface area contributed by atoms with E-state index in [1.807, 2.05) is 0 Å². The second-order valence-corrected chi connectivity index (χ2v) is 3.59. The quantitative estimate of drug-likeness (QED) is 0.568. The Kier molecular flexibility index (Phi) is 2.09. The van der Waals surface area contributed by atoms with Crippen molar-refractivity contribution in [3.8, 4) is 0 Å². The Morgan fingerprint density at radius 3 is 2.45 bits per heavy atom. The first-order valence-electron chi connectivity index (χ1n) is 4.43. The molecule has 0 aliphatic carbocycles. The van der Waals surface area contributed by atoms with Gasteiger partial charge in [-0.3, -0.25) is 0 Å². The molecule has 11 heavy (non-hydrogen) atoms. The highest BCUT2D eigenvalue weighted by Crippen LogP contribution is 2.26. The minimum atomic E-state index is -0.601. The molecule has 2 fully saturated rings. The van der Waals surface area contributed by atoms with Crippen LogP contribution in [0.5, 0.6) is 0 Å². The van der Waals surface area contributed by atoms with Crippen molar-refractivity contribution in [3.05, 3.63) is 0 Å². The highest BCUT2D eigenvalue weighted by molar-refractivity contribution is 4.89. The summed E-state index contributed by atoms with van der Waals surface area (Å²) in [5, 5.41) is 6.26. The standard InChI is InChI=1S/C8H15FN2/c9-8-5-10-2-1-7(8)6-3-11-4-6/h6-8,10-11H,1-5H2. The van der Waals surface area contributed by atoms with E-state index in [0.717, 1.165) is 26.1 Å². The summed E-state index contributed by atoms with van der Waals surface area (Å²) in [6, 6.07) is 0. The topological polar surface area (TPSA) is 24.1 Å². The van der Waals surface area contributed by atoms with Crippen LogP contribution in [0.25, 0.3) is 0 Å². The maximum Gasteiger partial charge on any atom is 0.116 e. The van der Waals surface area contributed by atoms with Crippen molar-refractivity contribution in [3.63, 3.8) is 0 Å². The maximum absolute atomic E-state index is 13.2. The minimum absolute atomic E-state index is 0.331. The number of rotatable bonds is 1. The van der Waals surface area contributed by atoms with Gasteiger partial charge in [-0.05, 0) is 37.9 Å². The van der Waals surface area contributed by atoms with Gasteiger partial charge in [0.15, 0.2) is 0 Å². The van der Waals surface area contributed by atoms with Crippen LogP contribution >= 0.6 is 0 Å². The van der Waals surface area contributed by atoms with Crippen molar-refractivity contribution in [2.24, 2.45) is 11.8 Å². The zero-order valence-corrected chi connectivity index (χ0v) is 6.65. The molecule has 2 atom stereocenters. The fourth-order valence-electron chi connectivity index (χ4n) is 1.99. The van der Waals surface area contributed by atoms with E-state index in [4.69, 9.17) is 0 Å². The highest BCUT2D eigenvalue weighted by atomic mass is 19.1. The highest BCUT2D eigenvalue weighted by Gasteiger charge is 2.34. The van der Waals surface area contributed by atoms with Crippen molar-refractivity contribution < 1.29 is 4.39 Å². The summed E-state index contributed by atoms with van der Waals surface area (Å²) >= 11 is 0. The van der Waals surface area contributed by atoms with Gasteiger partial charge in [0.05, 0.1) is 0 Å². The van der Waals surface area contributed by atoms with Gasteiger partial charge in [-0.1, -0.05) is 0 Å². The Bertz CT molecular complexity index is 134. The third-order valence-electron chi connectivity index (χ3n) is 2.88. The summed E-state index contributed by atoms with van der Waals surface area (Å²) in [5.41, 5.74) is 0. The average Bonchev–Trinajstić information content (AvgIpc) is 1.90. The predicted octanol–water partition coefficient (Wildman–Crippen LogP) is 0.153. The van der Waals surface area contributed by atoms with Crippen molar-refractivity contribution in [1.82, 2.24) is 10.6 Å². The summed E-state index contributed by atoms with van der Waals surface area (Å²) in [6.07, 6.45) is 0.420. The van der Waals surface area contributed by atoms with E-state index in [1.165, 1.54) is 0 Å². The molecule has 2 aliphatic rings. The third kappa shape index (κ3) is 1.40. The molecule has 0 aromatic rings. The lowest BCUT2D eigenvalue weighted by Gasteiger charge is -2.38. The number of nitrogens with one attached hydrogen (secondary N) is 2. The van der Waals surface area contributed by atoms with Gasteiger partial charge >= 0.3 is 0 Å². The van der Waals surface area contributed by atoms with Crippen LogP contribution < -0.4 is 10.6 Å². The summed E-state index contributed by atoms with van der Waals surface area (Å²) in [4.78, 5) is 0. The van der Waals surface area contributed by atoms with E-state index in [0.29, 0.717) is 18.4 Å². The number of piperidine rings is 1. The number of alkyl halides is 1. The molecule has 64 valence electrons. The molecule has 2 aliphatic heterocycles. The Hall–Kier alpha value is -0.150. The Labute approximate surface area is 66.5 Å². The summed E-state index contributed by atoms with van der Waals surface area (Å²) in [7, 11) is 0. The maximum atomic E-state index is 13.2. The second kappa shape index (κ2) is 3.07. The van der Waals surface area contributed by atoms with Crippen molar-refractivity contribution in [2.75, 3.05) is 26.2 Å². The Morgan fingerprint density at radius 2 is 1.91 bits per heavy atom. The van der Waals surface area contributed by atoms with Crippen LogP contribution in [0.3, 0.4) is 0 Å². The third-order valence-corrected chi connectivity index (χ3v) is 2.88. The molecular formula is C8H15FN2. The SMILES string of the molecule is FC1CNCCC1C1CNC1. The number of hydrogen-bond acceptors (Lipinski definition) is 2. The Morgan fingerprint density at radius 1 is 1.09 bits per heavy atom. The van der Waals surface area contributed by atoms with Gasteiger partial charge in [0, 0.05) is 6.54 Å². The molecule has 2 saturated heterocycles. The van der Waals surface area contributed by atoms with Crippen LogP contribution in [0.15, 0.2) is 0 Å². The van der Waals surface area contributed by atoms with Gasteiger partial charge in [-0.15, -0.1) is 0 Å². The Balaban J connectivity index is 1.88. The lowest BCUT2D eigenvalue weighted by molar-refractivity contribution is 0.0952. The molecule has 0 aromatic carbocycles. The van der Waals surface area contributed by atoms with Crippen molar-refractivity contribution >= 4 is 0 Å². The molecule has 2 heterocycles. The molecule has 2 nitrogen and oxygen atoms in total. The van der Waals surface area contributed by atoms with E-state index < -0.39 is 6.17 Å². The second-order valence-electron chi connectivity index (χ2n) is 3.59. The fourth-order valence-corrected chi connectivity index (χ4v) is 1.99. The monoisotopic (exact) mass is 158 g/mol. The summed E-state index contributed by atoms with van der Waals surface area (Å²) in [6.45, 7) is 3.64. The molecule has 0 amide bonds. The zero-order valence-electron chi connectivity index (χ0n) is 6.65. The lowest BCUT2D eigenvalue weighted by Crippen LogP contribution is -2.52. The molecule has 0 aromatic heterocycles. The van der Waals surface area contributed by atoms with Gasteiger partial charge in [0.2, 0.25) is 0 Å². The average molecular weight is 158 g/mol. The molecule has 0 bridgehead atoms. The van der Waals surface area contributed by atoms with Gasteiger partial charge in [0.25, 0.3) is 0 Å². The van der Waals surface area contributed by atoms with Gasteiger partial charge in [-0.2, -0.15) is 0 Å². The van der Waals surface area contributed by atoms with E-state index in [-0.39, 0.29) is 0 Å². The molecule has 3 heteroatoms. The van der Waals surface area contributed by atoms with Crippen LogP contribution in [0.4, 0.5) is 4.39 Å². The van der Waals surface area contributed by atoms with E-state index in [9.17, 15) is 4.39 Å². The van der Waals surface area contributed by atoms with Crippen LogP contribution in [0.1, 0.15) is 6.42 Å². The molecule has 0 saturated carbocycles.